The lowest BCUT2D eigenvalue weighted by atomic mass is 9.95. The van der Waals surface area contributed by atoms with Gasteiger partial charge in [0.2, 0.25) is 0 Å². The van der Waals surface area contributed by atoms with Gasteiger partial charge in [0.1, 0.15) is 0 Å². The van der Waals surface area contributed by atoms with Crippen molar-refractivity contribution >= 4 is 0 Å². The smallest absolute Gasteiger partial charge is 0.0706 e. The average molecular weight is 254 g/mol. The summed E-state index contributed by atoms with van der Waals surface area (Å²) >= 11 is 0. The van der Waals surface area contributed by atoms with Gasteiger partial charge in [0, 0.05) is 31.7 Å². The van der Waals surface area contributed by atoms with Crippen LogP contribution >= 0.6 is 0 Å². The van der Waals surface area contributed by atoms with Gasteiger partial charge in [-0.05, 0) is 32.6 Å². The van der Waals surface area contributed by atoms with Crippen molar-refractivity contribution in [2.24, 2.45) is 5.92 Å². The fourth-order valence-electron chi connectivity index (χ4n) is 3.15. The summed E-state index contributed by atoms with van der Waals surface area (Å²) in [7, 11) is 0. The van der Waals surface area contributed by atoms with E-state index in [1.165, 1.54) is 25.8 Å². The molecule has 2 aliphatic heterocycles. The van der Waals surface area contributed by atoms with Crippen molar-refractivity contribution in [2.75, 3.05) is 19.6 Å². The predicted molar refractivity (Wildman–Crippen MR) is 75.8 cm³/mol. The summed E-state index contributed by atoms with van der Waals surface area (Å²) in [4.78, 5) is 2.63. The van der Waals surface area contributed by atoms with Crippen LogP contribution in [-0.4, -0.2) is 48.8 Å². The van der Waals surface area contributed by atoms with E-state index in [0.717, 1.165) is 19.0 Å². The lowest BCUT2D eigenvalue weighted by Crippen LogP contribution is -2.58. The van der Waals surface area contributed by atoms with Crippen molar-refractivity contribution in [3.05, 3.63) is 0 Å². The highest BCUT2D eigenvalue weighted by Gasteiger charge is 2.31. The zero-order valence-electron chi connectivity index (χ0n) is 12.5. The molecular formula is C15H30N2O. The first kappa shape index (κ1) is 14.3. The van der Waals surface area contributed by atoms with E-state index in [2.05, 4.69) is 37.9 Å². The van der Waals surface area contributed by atoms with Crippen LogP contribution in [0.5, 0.6) is 0 Å². The first-order valence-electron chi connectivity index (χ1n) is 7.73. The molecule has 0 spiro atoms. The maximum Gasteiger partial charge on any atom is 0.0706 e. The summed E-state index contributed by atoms with van der Waals surface area (Å²) in [5.74, 6) is 0.767. The minimum atomic E-state index is 0.470. The molecular weight excluding hydrogens is 224 g/mol. The maximum absolute atomic E-state index is 5.97. The molecule has 18 heavy (non-hydrogen) atoms. The Labute approximate surface area is 112 Å². The van der Waals surface area contributed by atoms with Crippen LogP contribution in [0, 0.1) is 5.92 Å². The normalized spacial score (nSPS) is 40.0. The number of ether oxygens (including phenoxy) is 1. The molecule has 2 aliphatic rings. The molecule has 0 bridgehead atoms. The summed E-state index contributed by atoms with van der Waals surface area (Å²) in [5, 5.41) is 3.70. The molecule has 0 aromatic carbocycles. The Morgan fingerprint density at radius 3 is 2.72 bits per heavy atom. The molecule has 5 unspecified atom stereocenters. The molecule has 2 saturated heterocycles. The zero-order chi connectivity index (χ0) is 13.1. The van der Waals surface area contributed by atoms with Gasteiger partial charge in [0.05, 0.1) is 12.2 Å². The Hall–Kier alpha value is -0.120. The summed E-state index contributed by atoms with van der Waals surface area (Å²) in [6.45, 7) is 12.6. The maximum atomic E-state index is 5.97. The Balaban J connectivity index is 1.85. The summed E-state index contributed by atoms with van der Waals surface area (Å²) < 4.78 is 5.97. The molecule has 2 fully saturated rings. The Kier molecular flexibility index (Phi) is 5.05. The van der Waals surface area contributed by atoms with Crippen molar-refractivity contribution < 1.29 is 4.74 Å². The minimum absolute atomic E-state index is 0.470. The molecule has 3 nitrogen and oxygen atoms in total. The van der Waals surface area contributed by atoms with Crippen LogP contribution < -0.4 is 5.32 Å². The highest BCUT2D eigenvalue weighted by molar-refractivity contribution is 4.88. The zero-order valence-corrected chi connectivity index (χ0v) is 12.5. The first-order chi connectivity index (χ1) is 8.60. The second kappa shape index (κ2) is 6.36. The Bertz CT molecular complexity index is 257. The van der Waals surface area contributed by atoms with Gasteiger partial charge in [-0.15, -0.1) is 0 Å². The molecule has 0 aromatic heterocycles. The number of piperazine rings is 1. The van der Waals surface area contributed by atoms with E-state index in [-0.39, 0.29) is 0 Å². The Morgan fingerprint density at radius 1 is 1.33 bits per heavy atom. The van der Waals surface area contributed by atoms with E-state index < -0.39 is 0 Å². The second-order valence-electron chi connectivity index (χ2n) is 6.35. The minimum Gasteiger partial charge on any atom is -0.374 e. The van der Waals surface area contributed by atoms with Crippen molar-refractivity contribution in [3.8, 4) is 0 Å². The quantitative estimate of drug-likeness (QED) is 0.833. The molecule has 0 aliphatic carbocycles. The van der Waals surface area contributed by atoms with Gasteiger partial charge in [-0.1, -0.05) is 20.3 Å². The number of hydrogen-bond acceptors (Lipinski definition) is 3. The number of nitrogens with one attached hydrogen (secondary N) is 1. The van der Waals surface area contributed by atoms with E-state index in [9.17, 15) is 0 Å². The topological polar surface area (TPSA) is 24.5 Å². The third-order valence-electron chi connectivity index (χ3n) is 4.82. The first-order valence-corrected chi connectivity index (χ1v) is 7.73. The van der Waals surface area contributed by atoms with Gasteiger partial charge in [-0.3, -0.25) is 4.90 Å². The highest BCUT2D eigenvalue weighted by Crippen LogP contribution is 2.22. The second-order valence-corrected chi connectivity index (χ2v) is 6.35. The van der Waals surface area contributed by atoms with Crippen LogP contribution in [0.25, 0.3) is 0 Å². The monoisotopic (exact) mass is 254 g/mol. The van der Waals surface area contributed by atoms with E-state index >= 15 is 0 Å². The van der Waals surface area contributed by atoms with Crippen LogP contribution in [-0.2, 0) is 4.74 Å². The average Bonchev–Trinajstić information content (AvgIpc) is 2.76. The fourth-order valence-corrected chi connectivity index (χ4v) is 3.15. The largest absolute Gasteiger partial charge is 0.374 e. The third-order valence-corrected chi connectivity index (χ3v) is 4.82. The number of rotatable bonds is 4. The summed E-state index contributed by atoms with van der Waals surface area (Å²) in [6.07, 6.45) is 4.68. The van der Waals surface area contributed by atoms with Crippen LogP contribution in [0.1, 0.15) is 47.0 Å². The summed E-state index contributed by atoms with van der Waals surface area (Å²) in [5.41, 5.74) is 0. The lowest BCUT2D eigenvalue weighted by Gasteiger charge is -2.41. The highest BCUT2D eigenvalue weighted by atomic mass is 16.5. The van der Waals surface area contributed by atoms with Gasteiger partial charge in [-0.25, -0.2) is 0 Å². The molecule has 1 N–H and O–H groups in total. The molecule has 0 saturated carbocycles. The van der Waals surface area contributed by atoms with E-state index in [0.29, 0.717) is 24.3 Å². The van der Waals surface area contributed by atoms with E-state index in [1.54, 1.807) is 0 Å². The van der Waals surface area contributed by atoms with Crippen molar-refractivity contribution in [2.45, 2.75) is 71.2 Å². The van der Waals surface area contributed by atoms with Crippen LogP contribution in [0.15, 0.2) is 0 Å². The molecule has 3 heteroatoms. The van der Waals surface area contributed by atoms with Crippen molar-refractivity contribution in [1.82, 2.24) is 10.2 Å². The summed E-state index contributed by atoms with van der Waals surface area (Å²) in [6, 6.07) is 1.30. The number of nitrogens with zero attached hydrogens (tertiary/aromatic N) is 1. The molecule has 2 heterocycles. The molecule has 106 valence electrons. The molecule has 0 amide bonds. The van der Waals surface area contributed by atoms with Gasteiger partial charge in [0.15, 0.2) is 0 Å². The van der Waals surface area contributed by atoms with Crippen LogP contribution in [0.2, 0.25) is 0 Å². The van der Waals surface area contributed by atoms with Gasteiger partial charge in [-0.2, -0.15) is 0 Å². The third kappa shape index (κ3) is 3.46. The predicted octanol–water partition coefficient (Wildman–Crippen LogP) is 2.26. The SMILES string of the molecule is CCC(C)C1CN(CC2CCC(C)O2)C(C)CN1. The fraction of sp³-hybridized carbons (Fsp3) is 1.00. The van der Waals surface area contributed by atoms with Gasteiger partial charge in [0.25, 0.3) is 0 Å². The van der Waals surface area contributed by atoms with E-state index in [1.807, 2.05) is 0 Å². The van der Waals surface area contributed by atoms with Gasteiger partial charge < -0.3 is 10.1 Å². The van der Waals surface area contributed by atoms with Crippen LogP contribution in [0.3, 0.4) is 0 Å². The molecule has 5 atom stereocenters. The van der Waals surface area contributed by atoms with Crippen molar-refractivity contribution in [1.29, 1.82) is 0 Å². The van der Waals surface area contributed by atoms with E-state index in [4.69, 9.17) is 4.74 Å². The van der Waals surface area contributed by atoms with Crippen LogP contribution in [0.4, 0.5) is 0 Å². The Morgan fingerprint density at radius 2 is 2.11 bits per heavy atom. The molecule has 0 aromatic rings. The number of hydrogen-bond donors (Lipinski definition) is 1. The molecule has 0 radical (unpaired) electrons. The van der Waals surface area contributed by atoms with Crippen molar-refractivity contribution in [3.63, 3.8) is 0 Å². The lowest BCUT2D eigenvalue weighted by molar-refractivity contribution is 0.00996. The van der Waals surface area contributed by atoms with Gasteiger partial charge >= 0.3 is 0 Å². The standard InChI is InChI=1S/C15H30N2O/c1-5-11(2)15-10-17(12(3)8-16-15)9-14-7-6-13(4)18-14/h11-16H,5-10H2,1-4H3. The molecule has 2 rings (SSSR count).